The molecule has 0 radical (unpaired) electrons. The topological polar surface area (TPSA) is 83.2 Å². The summed E-state index contributed by atoms with van der Waals surface area (Å²) in [6.45, 7) is 8.47. The number of nitrogens with zero attached hydrogens (tertiary/aromatic N) is 4. The number of aliphatic imine (C=N–C) groups is 2. The summed E-state index contributed by atoms with van der Waals surface area (Å²) >= 11 is 0. The van der Waals surface area contributed by atoms with Crippen molar-refractivity contribution in [3.8, 4) is 0 Å². The molecule has 1 fully saturated rings. The Kier molecular flexibility index (Phi) is 4.88. The van der Waals surface area contributed by atoms with Crippen LogP contribution in [0.5, 0.6) is 0 Å². The summed E-state index contributed by atoms with van der Waals surface area (Å²) in [6.07, 6.45) is 5.43. The van der Waals surface area contributed by atoms with E-state index >= 15 is 0 Å². The Morgan fingerprint density at radius 1 is 1.12 bits per heavy atom. The zero-order valence-corrected chi connectivity index (χ0v) is 15.6. The summed E-state index contributed by atoms with van der Waals surface area (Å²) in [5.41, 5.74) is 15.4. The van der Waals surface area contributed by atoms with E-state index in [4.69, 9.17) is 16.5 Å². The SMILES string of the molecule is CCN(CC)c1ccc(N2C(N)=NC(N)=NC23CCCCC3)c(C)c1. The van der Waals surface area contributed by atoms with E-state index in [1.807, 2.05) is 0 Å². The normalized spacial score (nSPS) is 19.6. The van der Waals surface area contributed by atoms with Gasteiger partial charge in [0.05, 0.1) is 0 Å². The third kappa shape index (κ3) is 3.17. The van der Waals surface area contributed by atoms with E-state index in [9.17, 15) is 0 Å². The maximum atomic E-state index is 6.33. The number of nitrogens with two attached hydrogens (primary N) is 2. The van der Waals surface area contributed by atoms with Gasteiger partial charge < -0.3 is 16.4 Å². The van der Waals surface area contributed by atoms with Crippen molar-refractivity contribution in [1.82, 2.24) is 0 Å². The van der Waals surface area contributed by atoms with Gasteiger partial charge in [-0.3, -0.25) is 4.90 Å². The van der Waals surface area contributed by atoms with Crippen LogP contribution >= 0.6 is 0 Å². The van der Waals surface area contributed by atoms with Crippen LogP contribution in [-0.2, 0) is 0 Å². The summed E-state index contributed by atoms with van der Waals surface area (Å²) in [5, 5.41) is 0. The van der Waals surface area contributed by atoms with Gasteiger partial charge in [0.2, 0.25) is 11.9 Å². The van der Waals surface area contributed by atoms with E-state index < -0.39 is 0 Å². The monoisotopic (exact) mass is 342 g/mol. The predicted molar refractivity (Wildman–Crippen MR) is 106 cm³/mol. The van der Waals surface area contributed by atoms with Gasteiger partial charge in [-0.05, 0) is 70.2 Å². The summed E-state index contributed by atoms with van der Waals surface area (Å²) in [6, 6.07) is 6.55. The standard InChI is InChI=1S/C19H30N6/c1-4-24(5-2)15-9-10-16(14(3)13-15)25-18(21)22-17(20)23-19(25)11-7-6-8-12-19/h9-10,13H,4-8,11-12H2,1-3H3,(H4,20,21,22,23). The Labute approximate surface area is 150 Å². The van der Waals surface area contributed by atoms with Gasteiger partial charge in [0.15, 0.2) is 0 Å². The Morgan fingerprint density at radius 3 is 2.40 bits per heavy atom. The minimum Gasteiger partial charge on any atom is -0.372 e. The van der Waals surface area contributed by atoms with E-state index in [-0.39, 0.29) is 5.66 Å². The lowest BCUT2D eigenvalue weighted by Crippen LogP contribution is -2.58. The molecule has 3 rings (SSSR count). The van der Waals surface area contributed by atoms with E-state index in [2.05, 4.69) is 53.8 Å². The number of hydrogen-bond acceptors (Lipinski definition) is 6. The quantitative estimate of drug-likeness (QED) is 0.881. The lowest BCUT2D eigenvalue weighted by atomic mass is 9.87. The maximum absolute atomic E-state index is 6.33. The molecule has 6 nitrogen and oxygen atoms in total. The number of hydrogen-bond donors (Lipinski definition) is 2. The fourth-order valence-corrected chi connectivity index (χ4v) is 4.15. The molecular weight excluding hydrogens is 312 g/mol. The minimum absolute atomic E-state index is 0.299. The van der Waals surface area contributed by atoms with Crippen molar-refractivity contribution < 1.29 is 0 Å². The van der Waals surface area contributed by atoms with Crippen LogP contribution in [0.2, 0.25) is 0 Å². The number of benzene rings is 1. The lowest BCUT2D eigenvalue weighted by Gasteiger charge is -2.46. The molecule has 6 heteroatoms. The molecule has 0 aromatic heterocycles. The molecule has 136 valence electrons. The van der Waals surface area contributed by atoms with Crippen LogP contribution in [0.1, 0.15) is 51.5 Å². The highest BCUT2D eigenvalue weighted by Crippen LogP contribution is 2.41. The highest BCUT2D eigenvalue weighted by atomic mass is 15.4. The summed E-state index contributed by atoms with van der Waals surface area (Å²) in [4.78, 5) is 13.5. The fraction of sp³-hybridized carbons (Fsp3) is 0.579. The van der Waals surface area contributed by atoms with Gasteiger partial charge in [0, 0.05) is 24.5 Å². The van der Waals surface area contributed by atoms with Crippen molar-refractivity contribution in [3.63, 3.8) is 0 Å². The zero-order valence-electron chi connectivity index (χ0n) is 15.6. The number of rotatable bonds is 4. The summed E-state index contributed by atoms with van der Waals surface area (Å²) < 4.78 is 0. The molecule has 2 aliphatic rings. The maximum Gasteiger partial charge on any atom is 0.220 e. The Morgan fingerprint density at radius 2 is 1.80 bits per heavy atom. The molecule has 0 saturated heterocycles. The van der Waals surface area contributed by atoms with Gasteiger partial charge in [-0.25, -0.2) is 4.99 Å². The van der Waals surface area contributed by atoms with Gasteiger partial charge >= 0.3 is 0 Å². The van der Waals surface area contributed by atoms with Crippen molar-refractivity contribution in [3.05, 3.63) is 23.8 Å². The van der Waals surface area contributed by atoms with Crippen LogP contribution in [-0.4, -0.2) is 30.7 Å². The van der Waals surface area contributed by atoms with Crippen molar-refractivity contribution in [1.29, 1.82) is 0 Å². The first-order valence-electron chi connectivity index (χ1n) is 9.36. The summed E-state index contributed by atoms with van der Waals surface area (Å²) in [7, 11) is 0. The Balaban J connectivity index is 2.02. The van der Waals surface area contributed by atoms with Crippen LogP contribution in [0.15, 0.2) is 28.2 Å². The number of guanidine groups is 2. The average Bonchev–Trinajstić information content (AvgIpc) is 2.58. The van der Waals surface area contributed by atoms with E-state index in [1.54, 1.807) is 0 Å². The van der Waals surface area contributed by atoms with Gasteiger partial charge in [-0.2, -0.15) is 4.99 Å². The average molecular weight is 342 g/mol. The van der Waals surface area contributed by atoms with Gasteiger partial charge in [0.25, 0.3) is 0 Å². The van der Waals surface area contributed by atoms with Crippen molar-refractivity contribution in [2.75, 3.05) is 22.9 Å². The third-order valence-electron chi connectivity index (χ3n) is 5.40. The molecule has 0 atom stereocenters. The highest BCUT2D eigenvalue weighted by molar-refractivity contribution is 6.06. The van der Waals surface area contributed by atoms with Crippen molar-refractivity contribution in [2.24, 2.45) is 21.5 Å². The molecule has 1 aromatic rings. The first kappa shape index (κ1) is 17.6. The van der Waals surface area contributed by atoms with Crippen LogP contribution < -0.4 is 21.3 Å². The highest BCUT2D eigenvalue weighted by Gasteiger charge is 2.43. The molecule has 0 amide bonds. The number of aryl methyl sites for hydroxylation is 1. The molecule has 1 aromatic carbocycles. The largest absolute Gasteiger partial charge is 0.372 e. The molecule has 1 heterocycles. The van der Waals surface area contributed by atoms with Crippen LogP contribution in [0.3, 0.4) is 0 Å². The molecular formula is C19H30N6. The molecule has 4 N–H and O–H groups in total. The van der Waals surface area contributed by atoms with Crippen molar-refractivity contribution in [2.45, 2.75) is 58.5 Å². The molecule has 1 aliphatic heterocycles. The molecule has 1 aliphatic carbocycles. The van der Waals surface area contributed by atoms with Gasteiger partial charge in [-0.1, -0.05) is 6.42 Å². The second kappa shape index (κ2) is 6.94. The predicted octanol–water partition coefficient (Wildman–Crippen LogP) is 2.95. The molecule has 25 heavy (non-hydrogen) atoms. The van der Waals surface area contributed by atoms with Crippen LogP contribution in [0.25, 0.3) is 0 Å². The first-order valence-corrected chi connectivity index (χ1v) is 9.36. The molecule has 0 bridgehead atoms. The second-order valence-electron chi connectivity index (χ2n) is 6.96. The first-order chi connectivity index (χ1) is 12.0. The van der Waals surface area contributed by atoms with E-state index in [0.717, 1.165) is 44.5 Å². The van der Waals surface area contributed by atoms with Gasteiger partial charge in [-0.15, -0.1) is 0 Å². The zero-order chi connectivity index (χ0) is 18.0. The fourth-order valence-electron chi connectivity index (χ4n) is 4.15. The smallest absolute Gasteiger partial charge is 0.220 e. The van der Waals surface area contributed by atoms with E-state index in [1.165, 1.54) is 17.7 Å². The molecule has 1 spiro atoms. The number of anilines is 2. The summed E-state index contributed by atoms with van der Waals surface area (Å²) in [5.74, 6) is 0.751. The molecule has 1 saturated carbocycles. The van der Waals surface area contributed by atoms with Crippen molar-refractivity contribution >= 4 is 23.3 Å². The Hall–Kier alpha value is -2.24. The van der Waals surface area contributed by atoms with E-state index in [0.29, 0.717) is 11.9 Å². The van der Waals surface area contributed by atoms with Crippen LogP contribution in [0, 0.1) is 6.92 Å². The molecule has 0 unspecified atom stereocenters. The van der Waals surface area contributed by atoms with Gasteiger partial charge in [0.1, 0.15) is 5.66 Å². The third-order valence-corrected chi connectivity index (χ3v) is 5.40. The lowest BCUT2D eigenvalue weighted by molar-refractivity contribution is 0.305. The Bertz CT molecular complexity index is 683. The second-order valence-corrected chi connectivity index (χ2v) is 6.96. The minimum atomic E-state index is -0.379. The van der Waals surface area contributed by atoms with Crippen LogP contribution in [0.4, 0.5) is 11.4 Å².